The lowest BCUT2D eigenvalue weighted by Gasteiger charge is -2.38. The molecule has 3 unspecified atom stereocenters. The van der Waals surface area contributed by atoms with Crippen molar-refractivity contribution in [1.29, 1.82) is 0 Å². The number of nitrogens with zero attached hydrogens (tertiary/aromatic N) is 3. The van der Waals surface area contributed by atoms with E-state index in [9.17, 15) is 4.79 Å². The average Bonchev–Trinajstić information content (AvgIpc) is 3.37. The van der Waals surface area contributed by atoms with E-state index in [0.717, 1.165) is 45.1 Å². The van der Waals surface area contributed by atoms with Crippen LogP contribution >= 0.6 is 35.3 Å². The average molecular weight is 548 g/mol. The molecule has 3 rings (SSSR count). The first kappa shape index (κ1) is 25.4. The van der Waals surface area contributed by atoms with Gasteiger partial charge in [-0.05, 0) is 57.1 Å². The van der Waals surface area contributed by atoms with Crippen LogP contribution in [0.5, 0.6) is 0 Å². The van der Waals surface area contributed by atoms with Crippen molar-refractivity contribution in [3.05, 3.63) is 22.4 Å². The molecule has 30 heavy (non-hydrogen) atoms. The molecule has 2 aliphatic rings. The monoisotopic (exact) mass is 547 g/mol. The number of rotatable bonds is 6. The Balaban J connectivity index is 0.00000320. The maximum Gasteiger partial charge on any atom is 0.225 e. The van der Waals surface area contributed by atoms with Gasteiger partial charge in [0, 0.05) is 49.1 Å². The minimum atomic E-state index is 0. The predicted molar refractivity (Wildman–Crippen MR) is 137 cm³/mol. The summed E-state index contributed by atoms with van der Waals surface area (Å²) in [7, 11) is 2.24. The zero-order chi connectivity index (χ0) is 20.8. The minimum absolute atomic E-state index is 0. The van der Waals surface area contributed by atoms with Gasteiger partial charge < -0.3 is 15.5 Å². The van der Waals surface area contributed by atoms with E-state index < -0.39 is 0 Å². The highest BCUT2D eigenvalue weighted by Gasteiger charge is 2.31. The lowest BCUT2D eigenvalue weighted by atomic mass is 9.88. The Morgan fingerprint density at radius 3 is 2.80 bits per heavy atom. The van der Waals surface area contributed by atoms with Crippen LogP contribution in [0.1, 0.15) is 51.0 Å². The molecule has 170 valence electrons. The molecule has 2 fully saturated rings. The summed E-state index contributed by atoms with van der Waals surface area (Å²) < 4.78 is 0. The SMILES string of the molecule is CCNC(=NCC1CCCN(C)C1c1cccs1)NC1CCN(C(=O)C(C)C)C1.I. The van der Waals surface area contributed by atoms with E-state index in [4.69, 9.17) is 4.99 Å². The molecule has 0 spiro atoms. The molecule has 2 aliphatic heterocycles. The smallest absolute Gasteiger partial charge is 0.225 e. The summed E-state index contributed by atoms with van der Waals surface area (Å²) >= 11 is 1.85. The van der Waals surface area contributed by atoms with E-state index in [1.165, 1.54) is 17.7 Å². The number of guanidine groups is 1. The lowest BCUT2D eigenvalue weighted by Crippen LogP contribution is -2.46. The molecule has 6 nitrogen and oxygen atoms in total. The topological polar surface area (TPSA) is 60.0 Å². The third-order valence-electron chi connectivity index (χ3n) is 6.00. The lowest BCUT2D eigenvalue weighted by molar-refractivity contribution is -0.133. The highest BCUT2D eigenvalue weighted by atomic mass is 127. The number of amides is 1. The van der Waals surface area contributed by atoms with Crippen molar-refractivity contribution >= 4 is 47.2 Å². The second-order valence-corrected chi connectivity index (χ2v) is 9.61. The van der Waals surface area contributed by atoms with Gasteiger partial charge in [-0.1, -0.05) is 19.9 Å². The number of hydrogen-bond acceptors (Lipinski definition) is 4. The number of carbonyl (C=O) groups excluding carboxylic acids is 1. The Morgan fingerprint density at radius 2 is 2.13 bits per heavy atom. The maximum atomic E-state index is 12.3. The summed E-state index contributed by atoms with van der Waals surface area (Å²) in [6.45, 7) is 10.5. The van der Waals surface area contributed by atoms with Crippen LogP contribution < -0.4 is 10.6 Å². The van der Waals surface area contributed by atoms with Gasteiger partial charge in [0.15, 0.2) is 5.96 Å². The van der Waals surface area contributed by atoms with Crippen molar-refractivity contribution in [2.75, 3.05) is 39.8 Å². The van der Waals surface area contributed by atoms with Crippen molar-refractivity contribution in [2.24, 2.45) is 16.8 Å². The standard InChI is InChI=1S/C22H37N5OS.HI/c1-5-23-22(25-18-10-12-27(15-18)21(28)16(2)3)24-14-17-8-6-11-26(4)20(17)19-9-7-13-29-19;/h7,9,13,16-18,20H,5-6,8,10-12,14-15H2,1-4H3,(H2,23,24,25);1H. The van der Waals surface area contributed by atoms with Gasteiger partial charge in [-0.3, -0.25) is 14.7 Å². The first-order chi connectivity index (χ1) is 14.0. The Bertz CT molecular complexity index is 681. The number of likely N-dealkylation sites (tertiary alicyclic amines) is 2. The number of thiophene rings is 1. The molecule has 1 amide bonds. The molecule has 0 aliphatic carbocycles. The van der Waals surface area contributed by atoms with Crippen molar-refractivity contribution in [3.63, 3.8) is 0 Å². The molecule has 3 atom stereocenters. The Kier molecular flexibility index (Phi) is 10.4. The van der Waals surface area contributed by atoms with Crippen LogP contribution in [-0.2, 0) is 4.79 Å². The van der Waals surface area contributed by atoms with Crippen LogP contribution in [0.15, 0.2) is 22.5 Å². The zero-order valence-corrected chi connectivity index (χ0v) is 21.9. The summed E-state index contributed by atoms with van der Waals surface area (Å²) in [6, 6.07) is 5.15. The van der Waals surface area contributed by atoms with Gasteiger partial charge in [0.2, 0.25) is 5.91 Å². The van der Waals surface area contributed by atoms with E-state index in [1.807, 2.05) is 30.1 Å². The Labute approximate surface area is 202 Å². The number of piperidine rings is 1. The number of halogens is 1. The first-order valence-corrected chi connectivity index (χ1v) is 11.9. The molecule has 0 bridgehead atoms. The molecule has 3 heterocycles. The highest BCUT2D eigenvalue weighted by Crippen LogP contribution is 2.37. The van der Waals surface area contributed by atoms with Crippen molar-refractivity contribution in [2.45, 2.75) is 52.1 Å². The van der Waals surface area contributed by atoms with Crippen molar-refractivity contribution in [3.8, 4) is 0 Å². The zero-order valence-electron chi connectivity index (χ0n) is 18.8. The fourth-order valence-corrected chi connectivity index (χ4v) is 5.51. The fraction of sp³-hybridized carbons (Fsp3) is 0.727. The molecule has 2 saturated heterocycles. The molecular weight excluding hydrogens is 509 g/mol. The van der Waals surface area contributed by atoms with Gasteiger partial charge in [0.05, 0.1) is 0 Å². The predicted octanol–water partition coefficient (Wildman–Crippen LogP) is 3.56. The molecule has 2 N–H and O–H groups in total. The molecule has 0 aromatic carbocycles. The van der Waals surface area contributed by atoms with E-state index in [2.05, 4.69) is 47.0 Å². The fourth-order valence-electron chi connectivity index (χ4n) is 4.53. The van der Waals surface area contributed by atoms with Gasteiger partial charge >= 0.3 is 0 Å². The number of hydrogen-bond donors (Lipinski definition) is 2. The largest absolute Gasteiger partial charge is 0.357 e. The second-order valence-electron chi connectivity index (χ2n) is 8.63. The van der Waals surface area contributed by atoms with Gasteiger partial charge in [0.1, 0.15) is 0 Å². The minimum Gasteiger partial charge on any atom is -0.357 e. The molecule has 8 heteroatoms. The first-order valence-electron chi connectivity index (χ1n) is 11.1. The number of aliphatic imine (C=N–C) groups is 1. The van der Waals surface area contributed by atoms with E-state index >= 15 is 0 Å². The summed E-state index contributed by atoms with van der Waals surface area (Å²) in [6.07, 6.45) is 3.43. The summed E-state index contributed by atoms with van der Waals surface area (Å²) in [4.78, 5) is 23.1. The maximum absolute atomic E-state index is 12.3. The van der Waals surface area contributed by atoms with E-state index in [0.29, 0.717) is 12.0 Å². The third-order valence-corrected chi connectivity index (χ3v) is 6.95. The molecule has 0 saturated carbocycles. The van der Waals surface area contributed by atoms with Crippen LogP contribution in [0.2, 0.25) is 0 Å². The van der Waals surface area contributed by atoms with Crippen LogP contribution in [-0.4, -0.2) is 67.5 Å². The van der Waals surface area contributed by atoms with Crippen molar-refractivity contribution < 1.29 is 4.79 Å². The quantitative estimate of drug-likeness (QED) is 0.325. The number of nitrogens with one attached hydrogen (secondary N) is 2. The Morgan fingerprint density at radius 1 is 1.33 bits per heavy atom. The molecule has 1 aromatic heterocycles. The van der Waals surface area contributed by atoms with Gasteiger partial charge in [-0.25, -0.2) is 0 Å². The molecular formula is C22H38IN5OS. The van der Waals surface area contributed by atoms with E-state index in [1.54, 1.807) is 0 Å². The second kappa shape index (κ2) is 12.2. The van der Waals surface area contributed by atoms with Gasteiger partial charge in [0.25, 0.3) is 0 Å². The van der Waals surface area contributed by atoms with Crippen LogP contribution in [0.3, 0.4) is 0 Å². The van der Waals surface area contributed by atoms with Crippen molar-refractivity contribution in [1.82, 2.24) is 20.4 Å². The Hall–Kier alpha value is -0.870. The summed E-state index contributed by atoms with van der Waals surface area (Å²) in [5.74, 6) is 1.73. The van der Waals surface area contributed by atoms with Gasteiger partial charge in [-0.2, -0.15) is 0 Å². The summed E-state index contributed by atoms with van der Waals surface area (Å²) in [5, 5.41) is 9.15. The van der Waals surface area contributed by atoms with E-state index in [-0.39, 0.29) is 41.8 Å². The highest BCUT2D eigenvalue weighted by molar-refractivity contribution is 14.0. The molecule has 0 radical (unpaired) electrons. The van der Waals surface area contributed by atoms with Crippen LogP contribution in [0.25, 0.3) is 0 Å². The summed E-state index contributed by atoms with van der Waals surface area (Å²) in [5.41, 5.74) is 0. The van der Waals surface area contributed by atoms with Gasteiger partial charge in [-0.15, -0.1) is 35.3 Å². The third kappa shape index (κ3) is 6.56. The number of carbonyl (C=O) groups is 1. The normalized spacial score (nSPS) is 25.3. The van der Waals surface area contributed by atoms with Crippen LogP contribution in [0.4, 0.5) is 0 Å². The van der Waals surface area contributed by atoms with Crippen LogP contribution in [0, 0.1) is 11.8 Å². The molecule has 1 aromatic rings.